The molecule has 6 nitrogen and oxygen atoms in total. The van der Waals surface area contributed by atoms with Crippen LogP contribution in [0.2, 0.25) is 0 Å². The molecule has 0 spiro atoms. The average molecular weight is 691 g/mol. The molecule has 0 saturated heterocycles. The summed E-state index contributed by atoms with van der Waals surface area (Å²) in [6, 6.07) is 1.87. The van der Waals surface area contributed by atoms with Crippen LogP contribution in [-0.4, -0.2) is 34.2 Å². The summed E-state index contributed by atoms with van der Waals surface area (Å²) >= 11 is 1.25. The molecule has 6 rings (SSSR count). The highest BCUT2D eigenvalue weighted by molar-refractivity contribution is 7.12. The Morgan fingerprint density at radius 3 is 2.31 bits per heavy atom. The Morgan fingerprint density at radius 1 is 0.939 bits per heavy atom. The van der Waals surface area contributed by atoms with E-state index in [4.69, 9.17) is 4.74 Å². The fourth-order valence-electron chi connectivity index (χ4n) is 13.0. The van der Waals surface area contributed by atoms with E-state index in [2.05, 4.69) is 60.0 Å². The number of fused-ring (bicyclic) bond motifs is 7. The van der Waals surface area contributed by atoms with E-state index in [1.807, 2.05) is 11.4 Å². The van der Waals surface area contributed by atoms with Crippen molar-refractivity contribution < 1.29 is 29.3 Å². The molecule has 4 unspecified atom stereocenters. The van der Waals surface area contributed by atoms with Crippen molar-refractivity contribution in [1.29, 1.82) is 0 Å². The Morgan fingerprint density at radius 2 is 1.65 bits per heavy atom. The number of hydrogen-bond acceptors (Lipinski definition) is 5. The molecule has 49 heavy (non-hydrogen) atoms. The molecule has 0 aliphatic heterocycles. The Kier molecular flexibility index (Phi) is 8.86. The summed E-state index contributed by atoms with van der Waals surface area (Å²) in [6.45, 7) is 22.2. The van der Waals surface area contributed by atoms with Gasteiger partial charge in [0.25, 0.3) is 0 Å². The summed E-state index contributed by atoms with van der Waals surface area (Å²) in [4.78, 5) is 37.0. The summed E-state index contributed by atoms with van der Waals surface area (Å²) in [5.74, 6) is 7.29. The number of ether oxygens (including phenoxy) is 1. The van der Waals surface area contributed by atoms with Crippen molar-refractivity contribution in [3.63, 3.8) is 0 Å². The van der Waals surface area contributed by atoms with Gasteiger partial charge in [0.1, 0.15) is 11.0 Å². The standard InChI is InChI=1S/C42H58O6S/c1-25(2)27-13-20-42(19-12-26-16-23-49-34(26)35(44)45)22-21-40(8)28(33(27)42)10-11-30-39(7)17-15-31(48-32(43)24-37(3,4)36(46)47)38(5,6)29(39)14-18-41(30,40)9/h16,23,27-31,33H,1,10-11,13-15,17-18,20-22,24H2,2-9H3,(H,44,45)(H,46,47)/t27-,28?,29?,30?,31-,33?,39-,40+,41+,42+/m0/s1. The second-order valence-electron chi connectivity index (χ2n) is 18.8. The van der Waals surface area contributed by atoms with Gasteiger partial charge in [-0.1, -0.05) is 58.6 Å². The molecule has 1 aromatic heterocycles. The van der Waals surface area contributed by atoms with Crippen molar-refractivity contribution in [2.75, 3.05) is 0 Å². The lowest BCUT2D eigenvalue weighted by atomic mass is 9.32. The van der Waals surface area contributed by atoms with E-state index in [0.717, 1.165) is 51.4 Å². The van der Waals surface area contributed by atoms with E-state index < -0.39 is 23.3 Å². The van der Waals surface area contributed by atoms with Gasteiger partial charge < -0.3 is 14.9 Å². The minimum Gasteiger partial charge on any atom is -0.481 e. The van der Waals surface area contributed by atoms with Gasteiger partial charge in [0.15, 0.2) is 0 Å². The summed E-state index contributed by atoms with van der Waals surface area (Å²) in [7, 11) is 0. The highest BCUT2D eigenvalue weighted by atomic mass is 32.1. The van der Waals surface area contributed by atoms with Crippen LogP contribution in [0.25, 0.3) is 0 Å². The summed E-state index contributed by atoms with van der Waals surface area (Å²) in [6.07, 6.45) is 10.5. The first-order valence-corrected chi connectivity index (χ1v) is 19.5. The molecule has 2 N–H and O–H groups in total. The zero-order valence-electron chi connectivity index (χ0n) is 31.0. The number of carbonyl (C=O) groups is 3. The molecular formula is C42H58O6S. The van der Waals surface area contributed by atoms with Crippen LogP contribution in [0.3, 0.4) is 0 Å². The van der Waals surface area contributed by atoms with Gasteiger partial charge in [0, 0.05) is 16.4 Å². The quantitative estimate of drug-likeness (QED) is 0.175. The van der Waals surface area contributed by atoms with E-state index in [1.165, 1.54) is 29.8 Å². The maximum Gasteiger partial charge on any atom is 0.347 e. The Hall–Kier alpha value is -2.59. The van der Waals surface area contributed by atoms with E-state index in [9.17, 15) is 24.6 Å². The van der Waals surface area contributed by atoms with Gasteiger partial charge in [-0.2, -0.15) is 0 Å². The van der Waals surface area contributed by atoms with Gasteiger partial charge in [-0.05, 0) is 142 Å². The number of hydrogen-bond donors (Lipinski definition) is 2. The number of allylic oxidation sites excluding steroid dienone is 1. The van der Waals surface area contributed by atoms with Crippen LogP contribution >= 0.6 is 11.3 Å². The largest absolute Gasteiger partial charge is 0.481 e. The lowest BCUT2D eigenvalue weighted by molar-refractivity contribution is -0.247. The molecule has 5 aliphatic carbocycles. The maximum atomic E-state index is 13.1. The van der Waals surface area contributed by atoms with Crippen LogP contribution in [0, 0.1) is 73.9 Å². The fraction of sp³-hybridized carbons (Fsp3) is 0.738. The third-order valence-corrected chi connectivity index (χ3v) is 16.7. The lowest BCUT2D eigenvalue weighted by Gasteiger charge is -2.72. The first-order chi connectivity index (χ1) is 22.7. The Bertz CT molecular complexity index is 1610. The van der Waals surface area contributed by atoms with E-state index in [1.54, 1.807) is 13.8 Å². The van der Waals surface area contributed by atoms with Gasteiger partial charge in [-0.25, -0.2) is 4.79 Å². The molecule has 7 heteroatoms. The average Bonchev–Trinajstić information content (AvgIpc) is 3.63. The highest BCUT2D eigenvalue weighted by Gasteiger charge is 2.71. The summed E-state index contributed by atoms with van der Waals surface area (Å²) in [5.41, 5.74) is 0.881. The summed E-state index contributed by atoms with van der Waals surface area (Å²) < 4.78 is 6.16. The smallest absolute Gasteiger partial charge is 0.347 e. The normalized spacial score (nSPS) is 40.7. The third kappa shape index (κ3) is 5.44. The maximum absolute atomic E-state index is 13.1. The molecule has 0 aromatic carbocycles. The van der Waals surface area contributed by atoms with Crippen molar-refractivity contribution in [2.45, 2.75) is 132 Å². The van der Waals surface area contributed by atoms with Crippen LogP contribution < -0.4 is 0 Å². The van der Waals surface area contributed by atoms with Crippen molar-refractivity contribution in [3.8, 4) is 11.8 Å². The second-order valence-corrected chi connectivity index (χ2v) is 19.7. The van der Waals surface area contributed by atoms with E-state index >= 15 is 0 Å². The molecule has 0 bridgehead atoms. The number of thiophene rings is 1. The highest BCUT2D eigenvalue weighted by Crippen LogP contribution is 2.77. The second kappa shape index (κ2) is 12.0. The minimum atomic E-state index is -1.15. The topological polar surface area (TPSA) is 101 Å². The molecule has 0 radical (unpaired) electrons. The number of esters is 1. The zero-order valence-corrected chi connectivity index (χ0v) is 31.9. The zero-order chi connectivity index (χ0) is 35.9. The molecule has 5 aliphatic rings. The third-order valence-electron chi connectivity index (χ3n) is 15.8. The van der Waals surface area contributed by atoms with Crippen LogP contribution in [0.1, 0.15) is 141 Å². The van der Waals surface area contributed by atoms with Crippen molar-refractivity contribution >= 4 is 29.2 Å². The molecule has 0 amide bonds. The van der Waals surface area contributed by atoms with Crippen molar-refractivity contribution in [3.05, 3.63) is 34.0 Å². The molecule has 268 valence electrons. The SMILES string of the molecule is C=C(C)[C@@H]1CC[C@]2(C#Cc3ccsc3C(=O)O)CC[C@]3(C)C(CCC4[C@@]5(C)CC[C@H](OC(=O)CC(C)(C)C(=O)O)C(C)(C)C5CC[C@]43C)C12. The molecule has 5 fully saturated rings. The van der Waals surface area contributed by atoms with E-state index in [0.29, 0.717) is 40.0 Å². The number of carboxylic acid groups (broad SMARTS) is 2. The first-order valence-electron chi connectivity index (χ1n) is 18.7. The van der Waals surface area contributed by atoms with Crippen LogP contribution in [0.4, 0.5) is 0 Å². The summed E-state index contributed by atoms with van der Waals surface area (Å²) in [5, 5.41) is 21.2. The van der Waals surface area contributed by atoms with Crippen molar-refractivity contribution in [2.24, 2.45) is 62.1 Å². The van der Waals surface area contributed by atoms with Crippen LogP contribution in [0.5, 0.6) is 0 Å². The first kappa shape index (κ1) is 36.2. The Labute approximate surface area is 297 Å². The van der Waals surface area contributed by atoms with Gasteiger partial charge in [0.2, 0.25) is 0 Å². The fourth-order valence-corrected chi connectivity index (χ4v) is 13.6. The molecule has 1 aromatic rings. The number of aromatic carboxylic acids is 1. The van der Waals surface area contributed by atoms with E-state index in [-0.39, 0.29) is 39.6 Å². The number of aliphatic carboxylic acids is 1. The lowest BCUT2D eigenvalue weighted by Crippen LogP contribution is -2.66. The molecule has 10 atom stereocenters. The Balaban J connectivity index is 1.29. The van der Waals surface area contributed by atoms with Crippen molar-refractivity contribution in [1.82, 2.24) is 0 Å². The predicted molar refractivity (Wildman–Crippen MR) is 193 cm³/mol. The number of carboxylic acids is 2. The molecule has 1 heterocycles. The van der Waals surface area contributed by atoms with Crippen LogP contribution in [-0.2, 0) is 14.3 Å². The van der Waals surface area contributed by atoms with Gasteiger partial charge in [-0.15, -0.1) is 11.3 Å². The van der Waals surface area contributed by atoms with Gasteiger partial charge >= 0.3 is 17.9 Å². The minimum absolute atomic E-state index is 0.116. The van der Waals surface area contributed by atoms with Crippen LogP contribution in [0.15, 0.2) is 23.6 Å². The monoisotopic (exact) mass is 690 g/mol. The number of rotatable bonds is 6. The molecular weight excluding hydrogens is 633 g/mol. The predicted octanol–water partition coefficient (Wildman–Crippen LogP) is 9.87. The molecule has 5 saturated carbocycles. The van der Waals surface area contributed by atoms with Gasteiger partial charge in [-0.3, -0.25) is 9.59 Å². The number of carbonyl (C=O) groups excluding carboxylic acids is 1. The van der Waals surface area contributed by atoms with Gasteiger partial charge in [0.05, 0.1) is 11.8 Å².